The highest BCUT2D eigenvalue weighted by Gasteiger charge is 2.56. The largest absolute Gasteiger partial charge is 0.462 e. The van der Waals surface area contributed by atoms with Crippen molar-refractivity contribution in [2.45, 2.75) is 19.8 Å². The Bertz CT molecular complexity index is 721. The Balaban J connectivity index is 1.68. The molecule has 3 aliphatic carbocycles. The first-order valence-corrected chi connectivity index (χ1v) is 8.45. The molecule has 5 heteroatoms. The van der Waals surface area contributed by atoms with Gasteiger partial charge in [-0.2, -0.15) is 0 Å². The van der Waals surface area contributed by atoms with Gasteiger partial charge in [-0.25, -0.2) is 9.69 Å². The van der Waals surface area contributed by atoms with Gasteiger partial charge in [-0.1, -0.05) is 18.2 Å². The van der Waals surface area contributed by atoms with Crippen LogP contribution in [-0.2, 0) is 14.3 Å². The van der Waals surface area contributed by atoms with E-state index in [0.717, 1.165) is 12.8 Å². The molecule has 1 heterocycles. The summed E-state index contributed by atoms with van der Waals surface area (Å²) in [6.07, 6.45) is 6.13. The topological polar surface area (TPSA) is 63.7 Å². The maximum atomic E-state index is 12.9. The number of allylic oxidation sites excluding steroid dienone is 2. The van der Waals surface area contributed by atoms with Crippen LogP contribution in [0.2, 0.25) is 0 Å². The first-order valence-electron chi connectivity index (χ1n) is 8.45. The minimum absolute atomic E-state index is 0.134. The van der Waals surface area contributed by atoms with Crippen molar-refractivity contribution < 1.29 is 19.1 Å². The van der Waals surface area contributed by atoms with Crippen molar-refractivity contribution in [3.05, 3.63) is 42.0 Å². The highest BCUT2D eigenvalue weighted by molar-refractivity contribution is 6.22. The SMILES string of the molecule is CCOC(=O)c1cccc(N2C(=O)[C@@H]3[C@@H](C2=O)[C@H]2C=C[C@H]3CC2)c1. The summed E-state index contributed by atoms with van der Waals surface area (Å²) in [7, 11) is 0. The summed E-state index contributed by atoms with van der Waals surface area (Å²) in [5.41, 5.74) is 0.815. The van der Waals surface area contributed by atoms with E-state index in [4.69, 9.17) is 4.74 Å². The second-order valence-corrected chi connectivity index (χ2v) is 6.62. The minimum atomic E-state index is -0.447. The number of fused-ring (bicyclic) bond motifs is 1. The molecule has 5 nitrogen and oxygen atoms in total. The van der Waals surface area contributed by atoms with Gasteiger partial charge in [0, 0.05) is 0 Å². The molecule has 24 heavy (non-hydrogen) atoms. The smallest absolute Gasteiger partial charge is 0.338 e. The van der Waals surface area contributed by atoms with E-state index in [0.29, 0.717) is 11.3 Å². The Hall–Kier alpha value is -2.43. The van der Waals surface area contributed by atoms with E-state index in [1.54, 1.807) is 31.2 Å². The quantitative estimate of drug-likeness (QED) is 0.487. The second kappa shape index (κ2) is 5.58. The van der Waals surface area contributed by atoms with Crippen molar-refractivity contribution in [1.29, 1.82) is 0 Å². The van der Waals surface area contributed by atoms with Crippen LogP contribution >= 0.6 is 0 Å². The van der Waals surface area contributed by atoms with E-state index < -0.39 is 5.97 Å². The summed E-state index contributed by atoms with van der Waals surface area (Å²) in [4.78, 5) is 39.0. The van der Waals surface area contributed by atoms with Crippen LogP contribution in [0, 0.1) is 23.7 Å². The zero-order valence-electron chi connectivity index (χ0n) is 13.5. The number of amides is 2. The van der Waals surface area contributed by atoms with Gasteiger partial charge in [0.1, 0.15) is 0 Å². The number of esters is 1. The molecular weight excluding hydrogens is 306 g/mol. The molecule has 1 saturated heterocycles. The molecule has 2 amide bonds. The third kappa shape index (κ3) is 2.11. The number of rotatable bonds is 3. The molecule has 4 aliphatic rings. The Morgan fingerprint density at radius 2 is 1.75 bits per heavy atom. The van der Waals surface area contributed by atoms with Crippen LogP contribution in [0.25, 0.3) is 0 Å². The number of imide groups is 1. The van der Waals surface area contributed by atoms with Gasteiger partial charge in [0.2, 0.25) is 11.8 Å². The summed E-state index contributed by atoms with van der Waals surface area (Å²) < 4.78 is 5.00. The molecule has 5 rings (SSSR count). The van der Waals surface area contributed by atoms with Crippen LogP contribution in [0.3, 0.4) is 0 Å². The summed E-state index contributed by atoms with van der Waals surface area (Å²) in [5, 5.41) is 0. The summed E-state index contributed by atoms with van der Waals surface area (Å²) in [6, 6.07) is 6.58. The van der Waals surface area contributed by atoms with Crippen LogP contribution in [0.15, 0.2) is 36.4 Å². The molecule has 0 N–H and O–H groups in total. The van der Waals surface area contributed by atoms with Crippen LogP contribution in [0.1, 0.15) is 30.1 Å². The zero-order chi connectivity index (χ0) is 16.8. The molecule has 4 atom stereocenters. The second-order valence-electron chi connectivity index (χ2n) is 6.62. The molecule has 0 aromatic heterocycles. The van der Waals surface area contributed by atoms with Crippen molar-refractivity contribution in [2.24, 2.45) is 23.7 Å². The van der Waals surface area contributed by atoms with Gasteiger partial charge in [0.05, 0.1) is 29.7 Å². The van der Waals surface area contributed by atoms with Gasteiger partial charge in [-0.3, -0.25) is 9.59 Å². The molecule has 1 aromatic rings. The number of nitrogens with zero attached hydrogens (tertiary/aromatic N) is 1. The first-order chi connectivity index (χ1) is 11.6. The Morgan fingerprint density at radius 1 is 1.12 bits per heavy atom. The molecule has 124 valence electrons. The number of anilines is 1. The fourth-order valence-corrected chi connectivity index (χ4v) is 4.32. The van der Waals surface area contributed by atoms with Gasteiger partial charge in [0.15, 0.2) is 0 Å². The molecule has 1 aromatic carbocycles. The lowest BCUT2D eigenvalue weighted by atomic mass is 9.63. The molecule has 1 aliphatic heterocycles. The molecule has 0 radical (unpaired) electrons. The summed E-state index contributed by atoms with van der Waals surface area (Å²) in [6.45, 7) is 2.02. The fourth-order valence-electron chi connectivity index (χ4n) is 4.32. The number of benzene rings is 1. The third-order valence-electron chi connectivity index (χ3n) is 5.37. The average Bonchev–Trinajstić information content (AvgIpc) is 2.89. The van der Waals surface area contributed by atoms with E-state index in [1.165, 1.54) is 4.90 Å². The standard InChI is InChI=1S/C19H19NO4/c1-2-24-19(23)13-4-3-5-14(10-13)20-17(21)15-11-6-7-12(9-8-11)16(15)18(20)22/h3-7,10-12,15-16H,2,8-9H2,1H3/t11-,12-,15-,16-/m0/s1. The predicted molar refractivity (Wildman–Crippen MR) is 87.2 cm³/mol. The van der Waals surface area contributed by atoms with Gasteiger partial charge in [-0.15, -0.1) is 0 Å². The maximum Gasteiger partial charge on any atom is 0.338 e. The number of carbonyl (C=O) groups is 3. The van der Waals surface area contributed by atoms with E-state index >= 15 is 0 Å². The molecule has 0 unspecified atom stereocenters. The Morgan fingerprint density at radius 3 is 2.29 bits per heavy atom. The normalized spacial score (nSPS) is 30.6. The Labute approximate surface area is 140 Å². The predicted octanol–water partition coefficient (Wildman–Crippen LogP) is 2.56. The van der Waals surface area contributed by atoms with Crippen molar-refractivity contribution in [2.75, 3.05) is 11.5 Å². The van der Waals surface area contributed by atoms with Gasteiger partial charge < -0.3 is 4.74 Å². The lowest BCUT2D eigenvalue weighted by Gasteiger charge is -2.38. The van der Waals surface area contributed by atoms with Crippen molar-refractivity contribution in [3.8, 4) is 0 Å². The van der Waals surface area contributed by atoms with E-state index in [9.17, 15) is 14.4 Å². The van der Waals surface area contributed by atoms with Crippen molar-refractivity contribution in [3.63, 3.8) is 0 Å². The Kier molecular flexibility index (Phi) is 3.52. The number of carbonyl (C=O) groups excluding carboxylic acids is 3. The van der Waals surface area contributed by atoms with Crippen LogP contribution in [0.4, 0.5) is 5.69 Å². The molecule has 1 saturated carbocycles. The van der Waals surface area contributed by atoms with E-state index in [2.05, 4.69) is 12.2 Å². The van der Waals surface area contributed by atoms with Gasteiger partial charge in [0.25, 0.3) is 0 Å². The van der Waals surface area contributed by atoms with Gasteiger partial charge in [-0.05, 0) is 49.8 Å². The highest BCUT2D eigenvalue weighted by atomic mass is 16.5. The average molecular weight is 325 g/mol. The number of hydrogen-bond donors (Lipinski definition) is 0. The maximum absolute atomic E-state index is 12.9. The molecule has 2 bridgehead atoms. The van der Waals surface area contributed by atoms with Crippen LogP contribution in [-0.4, -0.2) is 24.4 Å². The van der Waals surface area contributed by atoms with Crippen LogP contribution in [0.5, 0.6) is 0 Å². The van der Waals surface area contributed by atoms with Crippen molar-refractivity contribution in [1.82, 2.24) is 0 Å². The number of ether oxygens (including phenoxy) is 1. The van der Waals surface area contributed by atoms with E-state index in [-0.39, 0.29) is 42.1 Å². The lowest BCUT2D eigenvalue weighted by molar-refractivity contribution is -0.124. The number of hydrogen-bond acceptors (Lipinski definition) is 4. The molecule has 0 spiro atoms. The fraction of sp³-hybridized carbons (Fsp3) is 0.421. The third-order valence-corrected chi connectivity index (χ3v) is 5.37. The summed E-state index contributed by atoms with van der Waals surface area (Å²) in [5.74, 6) is -0.878. The monoisotopic (exact) mass is 325 g/mol. The lowest BCUT2D eigenvalue weighted by Crippen LogP contribution is -2.38. The first kappa shape index (κ1) is 15.1. The summed E-state index contributed by atoms with van der Waals surface area (Å²) >= 11 is 0. The van der Waals surface area contributed by atoms with Crippen molar-refractivity contribution >= 4 is 23.5 Å². The minimum Gasteiger partial charge on any atom is -0.462 e. The van der Waals surface area contributed by atoms with Crippen LogP contribution < -0.4 is 4.90 Å². The highest BCUT2D eigenvalue weighted by Crippen LogP contribution is 2.50. The van der Waals surface area contributed by atoms with E-state index in [1.807, 2.05) is 0 Å². The molecular formula is C19H19NO4. The molecule has 2 fully saturated rings. The van der Waals surface area contributed by atoms with Gasteiger partial charge >= 0.3 is 5.97 Å². The zero-order valence-corrected chi connectivity index (χ0v) is 13.5.